The van der Waals surface area contributed by atoms with Gasteiger partial charge in [0, 0.05) is 16.4 Å². The minimum atomic E-state index is 0.263. The molecule has 20 heavy (non-hydrogen) atoms. The topological polar surface area (TPSA) is 63.8 Å². The van der Waals surface area contributed by atoms with E-state index in [0.29, 0.717) is 5.82 Å². The van der Waals surface area contributed by atoms with Crippen molar-refractivity contribution in [2.75, 3.05) is 5.43 Å². The molecule has 0 fully saturated rings. The van der Waals surface area contributed by atoms with Crippen LogP contribution >= 0.6 is 11.8 Å². The molecule has 0 radical (unpaired) electrons. The molecule has 0 aliphatic carbocycles. The Morgan fingerprint density at radius 1 is 1.15 bits per heavy atom. The summed E-state index contributed by atoms with van der Waals surface area (Å²) < 4.78 is 0. The number of hydrogen-bond donors (Lipinski definition) is 2. The van der Waals surface area contributed by atoms with Crippen molar-refractivity contribution < 1.29 is 0 Å². The first-order valence-corrected chi connectivity index (χ1v) is 7.43. The van der Waals surface area contributed by atoms with Crippen LogP contribution in [-0.2, 0) is 0 Å². The third-order valence-corrected chi connectivity index (χ3v) is 4.34. The number of benzene rings is 1. The van der Waals surface area contributed by atoms with Crippen molar-refractivity contribution in [1.82, 2.24) is 9.97 Å². The molecule has 0 unspecified atom stereocenters. The van der Waals surface area contributed by atoms with Gasteiger partial charge in [0.2, 0.25) is 0 Å². The highest BCUT2D eigenvalue weighted by atomic mass is 32.2. The van der Waals surface area contributed by atoms with Crippen molar-refractivity contribution in [2.24, 2.45) is 5.84 Å². The molecule has 2 rings (SSSR count). The van der Waals surface area contributed by atoms with Crippen molar-refractivity contribution in [3.8, 4) is 0 Å². The molecule has 0 bridgehead atoms. The number of aromatic nitrogens is 2. The average Bonchev–Trinajstić information content (AvgIpc) is 2.43. The van der Waals surface area contributed by atoms with Crippen LogP contribution in [0.3, 0.4) is 0 Å². The Morgan fingerprint density at radius 2 is 1.85 bits per heavy atom. The largest absolute Gasteiger partial charge is 0.308 e. The van der Waals surface area contributed by atoms with Gasteiger partial charge in [-0.3, -0.25) is 0 Å². The fourth-order valence-corrected chi connectivity index (χ4v) is 2.76. The van der Waals surface area contributed by atoms with Crippen molar-refractivity contribution in [2.45, 2.75) is 43.5 Å². The highest BCUT2D eigenvalue weighted by Crippen LogP contribution is 2.33. The van der Waals surface area contributed by atoms with Crippen LogP contribution < -0.4 is 11.3 Å². The second-order valence-corrected chi connectivity index (χ2v) is 6.06. The van der Waals surface area contributed by atoms with Crippen molar-refractivity contribution in [1.29, 1.82) is 0 Å². The minimum absolute atomic E-state index is 0.263. The number of nitrogens with zero attached hydrogens (tertiary/aromatic N) is 2. The molecule has 0 spiro atoms. The molecular weight excluding hydrogens is 268 g/mol. The summed E-state index contributed by atoms with van der Waals surface area (Å²) in [6, 6.07) is 8.28. The number of hydrazine groups is 1. The standard InChI is InChI=1S/C15H20N4S/c1-9(2)13-17-14(19-16)11(4)15(18-13)20-12-8-6-5-7-10(12)3/h5-9H,16H2,1-4H3,(H,17,18,19). The molecule has 3 N–H and O–H groups in total. The number of nitrogen functional groups attached to an aromatic ring is 1. The van der Waals surface area contributed by atoms with Crippen LogP contribution in [0.4, 0.5) is 5.82 Å². The van der Waals surface area contributed by atoms with E-state index >= 15 is 0 Å². The normalized spacial score (nSPS) is 10.9. The number of aryl methyl sites for hydroxylation is 1. The SMILES string of the molecule is Cc1ccccc1Sc1nc(C(C)C)nc(NN)c1C. The van der Waals surface area contributed by atoms with Crippen LogP contribution in [0.5, 0.6) is 0 Å². The molecule has 5 heteroatoms. The Labute approximate surface area is 124 Å². The maximum atomic E-state index is 5.56. The third-order valence-electron chi connectivity index (χ3n) is 3.07. The molecule has 0 saturated carbocycles. The average molecular weight is 288 g/mol. The predicted octanol–water partition coefficient (Wildman–Crippen LogP) is 3.65. The van der Waals surface area contributed by atoms with Gasteiger partial charge in [-0.25, -0.2) is 15.8 Å². The zero-order chi connectivity index (χ0) is 14.7. The van der Waals surface area contributed by atoms with Gasteiger partial charge in [-0.15, -0.1) is 0 Å². The second-order valence-electron chi connectivity index (χ2n) is 5.03. The van der Waals surface area contributed by atoms with Crippen LogP contribution in [0.15, 0.2) is 34.2 Å². The molecule has 0 amide bonds. The molecule has 1 aromatic heterocycles. The summed E-state index contributed by atoms with van der Waals surface area (Å²) in [7, 11) is 0. The Hall–Kier alpha value is -1.59. The molecule has 1 aromatic carbocycles. The Kier molecular flexibility index (Phi) is 4.62. The molecule has 0 aliphatic heterocycles. The van der Waals surface area contributed by atoms with E-state index in [-0.39, 0.29) is 5.92 Å². The van der Waals surface area contributed by atoms with Crippen LogP contribution in [0, 0.1) is 13.8 Å². The number of nitrogens with one attached hydrogen (secondary N) is 1. The Balaban J connectivity index is 2.45. The highest BCUT2D eigenvalue weighted by Gasteiger charge is 2.14. The molecule has 4 nitrogen and oxygen atoms in total. The number of anilines is 1. The van der Waals surface area contributed by atoms with Gasteiger partial charge >= 0.3 is 0 Å². The number of rotatable bonds is 4. The van der Waals surface area contributed by atoms with Gasteiger partial charge in [0.25, 0.3) is 0 Å². The zero-order valence-corrected chi connectivity index (χ0v) is 13.1. The van der Waals surface area contributed by atoms with Crippen LogP contribution in [-0.4, -0.2) is 9.97 Å². The maximum Gasteiger partial charge on any atom is 0.147 e. The Morgan fingerprint density at radius 3 is 2.45 bits per heavy atom. The van der Waals surface area contributed by atoms with Gasteiger partial charge in [-0.05, 0) is 25.5 Å². The summed E-state index contributed by atoms with van der Waals surface area (Å²) in [4.78, 5) is 10.3. The van der Waals surface area contributed by atoms with Gasteiger partial charge < -0.3 is 5.43 Å². The van der Waals surface area contributed by atoms with E-state index in [1.807, 2.05) is 19.1 Å². The van der Waals surface area contributed by atoms with Gasteiger partial charge in [-0.2, -0.15) is 0 Å². The fraction of sp³-hybridized carbons (Fsp3) is 0.333. The summed E-state index contributed by atoms with van der Waals surface area (Å²) in [6.45, 7) is 8.24. The molecule has 0 saturated heterocycles. The zero-order valence-electron chi connectivity index (χ0n) is 12.3. The number of hydrogen-bond acceptors (Lipinski definition) is 5. The van der Waals surface area contributed by atoms with Gasteiger partial charge in [0.15, 0.2) is 0 Å². The van der Waals surface area contributed by atoms with E-state index in [0.717, 1.165) is 16.4 Å². The highest BCUT2D eigenvalue weighted by molar-refractivity contribution is 7.99. The summed E-state index contributed by atoms with van der Waals surface area (Å²) in [5, 5.41) is 0.950. The van der Waals surface area contributed by atoms with Crippen LogP contribution in [0.25, 0.3) is 0 Å². The third kappa shape index (κ3) is 3.11. The van der Waals surface area contributed by atoms with Crippen molar-refractivity contribution in [3.63, 3.8) is 0 Å². The number of nitrogens with two attached hydrogens (primary N) is 1. The lowest BCUT2D eigenvalue weighted by molar-refractivity contribution is 0.749. The first-order valence-electron chi connectivity index (χ1n) is 6.61. The molecule has 0 atom stereocenters. The molecule has 0 aliphatic rings. The smallest absolute Gasteiger partial charge is 0.147 e. The minimum Gasteiger partial charge on any atom is -0.308 e. The summed E-state index contributed by atoms with van der Waals surface area (Å²) >= 11 is 1.66. The first kappa shape index (κ1) is 14.8. The van der Waals surface area contributed by atoms with E-state index in [1.54, 1.807) is 11.8 Å². The predicted molar refractivity (Wildman–Crippen MR) is 84.0 cm³/mol. The molecule has 1 heterocycles. The van der Waals surface area contributed by atoms with Gasteiger partial charge in [0.1, 0.15) is 16.7 Å². The van der Waals surface area contributed by atoms with Crippen LogP contribution in [0.1, 0.15) is 36.7 Å². The van der Waals surface area contributed by atoms with Crippen molar-refractivity contribution >= 4 is 17.6 Å². The molecule has 106 valence electrons. The van der Waals surface area contributed by atoms with Gasteiger partial charge in [-0.1, -0.05) is 43.8 Å². The second kappa shape index (κ2) is 6.24. The fourth-order valence-electron chi connectivity index (χ4n) is 1.79. The van der Waals surface area contributed by atoms with E-state index in [1.165, 1.54) is 10.5 Å². The van der Waals surface area contributed by atoms with Crippen molar-refractivity contribution in [3.05, 3.63) is 41.2 Å². The van der Waals surface area contributed by atoms with Crippen LogP contribution in [0.2, 0.25) is 0 Å². The monoisotopic (exact) mass is 288 g/mol. The quantitative estimate of drug-likeness (QED) is 0.511. The lowest BCUT2D eigenvalue weighted by atomic mass is 10.2. The summed E-state index contributed by atoms with van der Waals surface area (Å²) in [6.07, 6.45) is 0. The van der Waals surface area contributed by atoms with E-state index in [2.05, 4.69) is 48.3 Å². The molecular formula is C15H20N4S. The van der Waals surface area contributed by atoms with E-state index < -0.39 is 0 Å². The molecule has 2 aromatic rings. The Bertz CT molecular complexity index is 611. The van der Waals surface area contributed by atoms with E-state index in [9.17, 15) is 0 Å². The van der Waals surface area contributed by atoms with Gasteiger partial charge in [0.05, 0.1) is 0 Å². The summed E-state index contributed by atoms with van der Waals surface area (Å²) in [5.74, 6) is 7.32. The summed E-state index contributed by atoms with van der Waals surface area (Å²) in [5.41, 5.74) is 4.88. The first-order chi connectivity index (χ1) is 9.52. The van der Waals surface area contributed by atoms with E-state index in [4.69, 9.17) is 5.84 Å². The maximum absolute atomic E-state index is 5.56. The lowest BCUT2D eigenvalue weighted by Crippen LogP contribution is -2.13. The lowest BCUT2D eigenvalue weighted by Gasteiger charge is -2.14.